The van der Waals surface area contributed by atoms with E-state index in [2.05, 4.69) is 20.4 Å². The molecule has 1 aromatic rings. The van der Waals surface area contributed by atoms with Crippen LogP contribution in [-0.2, 0) is 6.54 Å². The van der Waals surface area contributed by atoms with Gasteiger partial charge in [-0.05, 0) is 24.1 Å². The molecule has 1 saturated heterocycles. The van der Waals surface area contributed by atoms with Gasteiger partial charge in [-0.3, -0.25) is 9.89 Å². The number of alkyl halides is 6. The number of guanidine groups is 1. The minimum atomic E-state index is -4.39. The van der Waals surface area contributed by atoms with Gasteiger partial charge in [0.25, 0.3) is 0 Å². The Morgan fingerprint density at radius 1 is 1.14 bits per heavy atom. The Bertz CT molecular complexity index is 651. The van der Waals surface area contributed by atoms with Crippen molar-refractivity contribution in [3.63, 3.8) is 0 Å². The van der Waals surface area contributed by atoms with Gasteiger partial charge in [0.05, 0.1) is 6.54 Å². The van der Waals surface area contributed by atoms with Crippen molar-refractivity contribution >= 4 is 29.9 Å². The lowest BCUT2D eigenvalue weighted by atomic mass is 10.2. The third-order valence-corrected chi connectivity index (χ3v) is 4.03. The first-order valence-corrected chi connectivity index (χ1v) is 8.59. The van der Waals surface area contributed by atoms with Crippen LogP contribution in [0, 0.1) is 0 Å². The van der Waals surface area contributed by atoms with E-state index in [0.29, 0.717) is 25.5 Å². The Kier molecular flexibility index (Phi) is 9.79. The van der Waals surface area contributed by atoms with Gasteiger partial charge in [0.15, 0.2) is 12.6 Å². The van der Waals surface area contributed by atoms with Crippen LogP contribution >= 0.6 is 24.0 Å². The molecule has 29 heavy (non-hydrogen) atoms. The molecular formula is C17H23F6IN4O. The number of rotatable bonds is 6. The average Bonchev–Trinajstić information content (AvgIpc) is 3.02. The zero-order valence-corrected chi connectivity index (χ0v) is 17.9. The highest BCUT2D eigenvalue weighted by molar-refractivity contribution is 14.0. The number of nitrogens with zero attached hydrogens (tertiary/aromatic N) is 2. The minimum Gasteiger partial charge on any atom is -0.484 e. The van der Waals surface area contributed by atoms with Gasteiger partial charge in [0.1, 0.15) is 5.75 Å². The number of hydrogen-bond donors (Lipinski definition) is 2. The molecule has 1 aliphatic heterocycles. The Hall–Kier alpha value is -1.44. The SMILES string of the molecule is CN=C(NCc1ccc(OCC(F)(F)F)cc1)NC1CCN(CC(F)(F)F)C1.I. The first-order chi connectivity index (χ1) is 13.0. The molecule has 2 rings (SSSR count). The lowest BCUT2D eigenvalue weighted by molar-refractivity contribution is -0.153. The summed E-state index contributed by atoms with van der Waals surface area (Å²) in [5, 5.41) is 6.11. The Balaban J connectivity index is 0.00000420. The number of benzene rings is 1. The molecule has 1 fully saturated rings. The Morgan fingerprint density at radius 3 is 2.34 bits per heavy atom. The molecule has 12 heteroatoms. The molecule has 1 aliphatic rings. The van der Waals surface area contributed by atoms with Crippen LogP contribution in [0.15, 0.2) is 29.3 Å². The summed E-state index contributed by atoms with van der Waals surface area (Å²) in [6.45, 7) is -1.31. The second kappa shape index (κ2) is 11.1. The largest absolute Gasteiger partial charge is 0.484 e. The summed E-state index contributed by atoms with van der Waals surface area (Å²) in [5.74, 6) is 0.551. The fraction of sp³-hybridized carbons (Fsp3) is 0.588. The van der Waals surface area contributed by atoms with E-state index in [1.54, 1.807) is 19.2 Å². The van der Waals surface area contributed by atoms with Crippen LogP contribution in [0.25, 0.3) is 0 Å². The molecule has 0 spiro atoms. The van der Waals surface area contributed by atoms with Crippen LogP contribution in [0.2, 0.25) is 0 Å². The number of hydrogen-bond acceptors (Lipinski definition) is 3. The molecule has 0 radical (unpaired) electrons. The molecule has 5 nitrogen and oxygen atoms in total. The van der Waals surface area contributed by atoms with Crippen LogP contribution in [0.1, 0.15) is 12.0 Å². The van der Waals surface area contributed by atoms with Crippen molar-refractivity contribution in [3.05, 3.63) is 29.8 Å². The Labute approximate surface area is 181 Å². The molecule has 1 atom stereocenters. The van der Waals surface area contributed by atoms with Gasteiger partial charge >= 0.3 is 12.4 Å². The van der Waals surface area contributed by atoms with Gasteiger partial charge in [-0.2, -0.15) is 26.3 Å². The predicted molar refractivity (Wildman–Crippen MR) is 108 cm³/mol. The van der Waals surface area contributed by atoms with E-state index in [9.17, 15) is 26.3 Å². The number of halogens is 7. The van der Waals surface area contributed by atoms with Crippen LogP contribution in [0.4, 0.5) is 26.3 Å². The number of likely N-dealkylation sites (tertiary alicyclic amines) is 1. The predicted octanol–water partition coefficient (Wildman–Crippen LogP) is 3.55. The van der Waals surface area contributed by atoms with Gasteiger partial charge in [0.2, 0.25) is 0 Å². The van der Waals surface area contributed by atoms with Gasteiger partial charge in [-0.15, -0.1) is 24.0 Å². The van der Waals surface area contributed by atoms with Crippen LogP contribution in [0.3, 0.4) is 0 Å². The summed E-state index contributed by atoms with van der Waals surface area (Å²) in [4.78, 5) is 5.38. The van der Waals surface area contributed by atoms with Crippen molar-refractivity contribution < 1.29 is 31.1 Å². The van der Waals surface area contributed by atoms with Crippen molar-refractivity contribution in [1.82, 2.24) is 15.5 Å². The van der Waals surface area contributed by atoms with Gasteiger partial charge in [-0.1, -0.05) is 12.1 Å². The molecule has 0 aliphatic carbocycles. The summed E-state index contributed by atoms with van der Waals surface area (Å²) < 4.78 is 78.4. The summed E-state index contributed by atoms with van der Waals surface area (Å²) in [6.07, 6.45) is -8.04. The van der Waals surface area contributed by atoms with E-state index in [1.165, 1.54) is 17.0 Å². The van der Waals surface area contributed by atoms with Crippen LogP contribution in [-0.4, -0.2) is 62.5 Å². The standard InChI is InChI=1S/C17H22F6N4O.HI/c1-24-15(26-13-6-7-27(9-13)10-16(18,19)20)25-8-12-2-4-14(5-3-12)28-11-17(21,22)23;/h2-5,13H,6-11H2,1H3,(H2,24,25,26);1H. The first kappa shape index (κ1) is 25.6. The highest BCUT2D eigenvalue weighted by Gasteiger charge is 2.34. The third-order valence-electron chi connectivity index (χ3n) is 4.03. The normalized spacial score (nSPS) is 18.3. The van der Waals surface area contributed by atoms with Crippen molar-refractivity contribution in [2.24, 2.45) is 4.99 Å². The summed E-state index contributed by atoms with van der Waals surface area (Å²) in [5.41, 5.74) is 0.785. The van der Waals surface area contributed by atoms with Crippen molar-refractivity contribution in [2.75, 3.05) is 33.3 Å². The second-order valence-corrected chi connectivity index (χ2v) is 6.45. The lowest BCUT2D eigenvalue weighted by Crippen LogP contribution is -2.44. The monoisotopic (exact) mass is 540 g/mol. The average molecular weight is 540 g/mol. The molecule has 1 heterocycles. The number of nitrogens with one attached hydrogen (secondary N) is 2. The fourth-order valence-electron chi connectivity index (χ4n) is 2.79. The van der Waals surface area contributed by atoms with E-state index >= 15 is 0 Å². The van der Waals surface area contributed by atoms with Crippen LogP contribution < -0.4 is 15.4 Å². The summed E-state index contributed by atoms with van der Waals surface area (Å²) in [6, 6.07) is 5.96. The Morgan fingerprint density at radius 2 is 1.79 bits per heavy atom. The molecule has 2 N–H and O–H groups in total. The second-order valence-electron chi connectivity index (χ2n) is 6.45. The van der Waals surface area contributed by atoms with E-state index < -0.39 is 25.5 Å². The molecule has 0 saturated carbocycles. The molecule has 0 amide bonds. The van der Waals surface area contributed by atoms with Gasteiger partial charge in [-0.25, -0.2) is 0 Å². The molecule has 1 unspecified atom stereocenters. The van der Waals surface area contributed by atoms with E-state index in [4.69, 9.17) is 0 Å². The maximum Gasteiger partial charge on any atom is 0.422 e. The third kappa shape index (κ3) is 10.2. The number of aliphatic imine (C=N–C) groups is 1. The van der Waals surface area contributed by atoms with Gasteiger partial charge < -0.3 is 15.4 Å². The molecule has 0 bridgehead atoms. The van der Waals surface area contributed by atoms with Crippen LogP contribution in [0.5, 0.6) is 5.75 Å². The van der Waals surface area contributed by atoms with Crippen molar-refractivity contribution in [3.8, 4) is 5.75 Å². The van der Waals surface area contributed by atoms with E-state index in [0.717, 1.165) is 5.56 Å². The number of ether oxygens (including phenoxy) is 1. The highest BCUT2D eigenvalue weighted by atomic mass is 127. The van der Waals surface area contributed by atoms with Crippen molar-refractivity contribution in [2.45, 2.75) is 31.4 Å². The summed E-state index contributed by atoms with van der Waals surface area (Å²) >= 11 is 0. The topological polar surface area (TPSA) is 48.9 Å². The molecular weight excluding hydrogens is 517 g/mol. The minimum absolute atomic E-state index is 0. The molecule has 166 valence electrons. The zero-order valence-electron chi connectivity index (χ0n) is 15.6. The highest BCUT2D eigenvalue weighted by Crippen LogP contribution is 2.20. The molecule has 0 aromatic heterocycles. The van der Waals surface area contributed by atoms with Gasteiger partial charge in [0, 0.05) is 32.7 Å². The van der Waals surface area contributed by atoms with Crippen molar-refractivity contribution in [1.29, 1.82) is 0 Å². The fourth-order valence-corrected chi connectivity index (χ4v) is 2.79. The summed E-state index contributed by atoms with van der Waals surface area (Å²) in [7, 11) is 1.55. The molecule has 1 aromatic carbocycles. The maximum absolute atomic E-state index is 12.4. The smallest absolute Gasteiger partial charge is 0.422 e. The zero-order chi connectivity index (χ0) is 20.8. The van der Waals surface area contributed by atoms with E-state index in [-0.39, 0.29) is 42.3 Å². The quantitative estimate of drug-likeness (QED) is 0.251. The maximum atomic E-state index is 12.4. The lowest BCUT2D eigenvalue weighted by Gasteiger charge is -2.20. The first-order valence-electron chi connectivity index (χ1n) is 8.59. The van der Waals surface area contributed by atoms with E-state index in [1.807, 2.05) is 0 Å².